The number of fused-ring (bicyclic) bond motifs is 1. The zero-order valence-electron chi connectivity index (χ0n) is 13.4. The third kappa shape index (κ3) is 3.80. The van der Waals surface area contributed by atoms with Crippen molar-refractivity contribution in [1.29, 1.82) is 0 Å². The number of rotatable bonds is 4. The van der Waals surface area contributed by atoms with E-state index in [1.807, 2.05) is 36.4 Å². The third-order valence-electron chi connectivity index (χ3n) is 3.67. The normalized spacial score (nSPS) is 12.0. The number of hydrogen-bond donors (Lipinski definition) is 0. The molecule has 0 bridgehead atoms. The molecule has 0 spiro atoms. The predicted octanol–water partition coefficient (Wildman–Crippen LogP) is 5.82. The van der Waals surface area contributed by atoms with Crippen LogP contribution >= 0.6 is 34.7 Å². The number of nitrogens with zero attached hydrogens (tertiary/aromatic N) is 4. The summed E-state index contributed by atoms with van der Waals surface area (Å²) < 4.78 is 40.1. The van der Waals surface area contributed by atoms with Crippen LogP contribution in [0.5, 0.6) is 0 Å². The molecule has 4 aromatic rings. The smallest absolute Gasteiger partial charge is 0.295 e. The molecule has 4 nitrogen and oxygen atoms in total. The Balaban J connectivity index is 1.69. The van der Waals surface area contributed by atoms with Gasteiger partial charge in [-0.15, -0.1) is 22.0 Å². The Bertz CT molecular complexity index is 1090. The fraction of sp³-hybridized carbons (Fsp3) is 0.118. The molecule has 138 valence electrons. The minimum absolute atomic E-state index is 0.0867. The van der Waals surface area contributed by atoms with Crippen molar-refractivity contribution in [2.24, 2.45) is 0 Å². The molecule has 0 aliphatic rings. The monoisotopic (exact) mass is 426 g/mol. The number of imidazole rings is 1. The first-order chi connectivity index (χ1) is 12.9. The zero-order chi connectivity index (χ0) is 19.0. The Hall–Kier alpha value is -2.10. The van der Waals surface area contributed by atoms with Gasteiger partial charge in [-0.25, -0.2) is 4.98 Å². The molecule has 0 radical (unpaired) electrons. The van der Waals surface area contributed by atoms with Gasteiger partial charge in [0.15, 0.2) is 10.8 Å². The lowest BCUT2D eigenvalue weighted by Gasteiger charge is -2.06. The maximum atomic E-state index is 12.8. The van der Waals surface area contributed by atoms with Gasteiger partial charge >= 0.3 is 6.18 Å². The summed E-state index contributed by atoms with van der Waals surface area (Å²) in [4.78, 5) is 5.06. The standard InChI is InChI=1S/C17H10ClF3N4S2/c18-12-6-11(26-9-10-4-2-1-3-5-10)8-25-13(12)7-22-14(25)15-23-24-16(27-15)17(19,20)21/h1-8H,9H2. The van der Waals surface area contributed by atoms with Crippen LogP contribution in [0, 0.1) is 0 Å². The lowest BCUT2D eigenvalue weighted by atomic mass is 10.2. The summed E-state index contributed by atoms with van der Waals surface area (Å²) in [5, 5.41) is 6.41. The van der Waals surface area contributed by atoms with Gasteiger partial charge < -0.3 is 0 Å². The molecule has 10 heteroatoms. The first kappa shape index (κ1) is 18.3. The topological polar surface area (TPSA) is 43.1 Å². The fourth-order valence-electron chi connectivity index (χ4n) is 2.44. The second-order valence-corrected chi connectivity index (χ2v) is 7.98. The van der Waals surface area contributed by atoms with Gasteiger partial charge in [0.1, 0.15) is 0 Å². The van der Waals surface area contributed by atoms with Crippen LogP contribution < -0.4 is 0 Å². The van der Waals surface area contributed by atoms with E-state index < -0.39 is 11.2 Å². The van der Waals surface area contributed by atoms with E-state index >= 15 is 0 Å². The minimum Gasteiger partial charge on any atom is -0.295 e. The van der Waals surface area contributed by atoms with Crippen LogP contribution in [0.15, 0.2) is 53.7 Å². The molecule has 0 atom stereocenters. The maximum absolute atomic E-state index is 12.8. The largest absolute Gasteiger partial charge is 0.445 e. The van der Waals surface area contributed by atoms with E-state index in [9.17, 15) is 13.2 Å². The lowest BCUT2D eigenvalue weighted by molar-refractivity contribution is -0.138. The van der Waals surface area contributed by atoms with Crippen molar-refractivity contribution in [3.8, 4) is 10.8 Å². The van der Waals surface area contributed by atoms with Crippen molar-refractivity contribution in [3.05, 3.63) is 64.4 Å². The van der Waals surface area contributed by atoms with E-state index in [4.69, 9.17) is 11.6 Å². The highest BCUT2D eigenvalue weighted by molar-refractivity contribution is 7.98. The molecule has 0 saturated carbocycles. The average molecular weight is 427 g/mol. The average Bonchev–Trinajstić information content (AvgIpc) is 3.27. The first-order valence-electron chi connectivity index (χ1n) is 7.66. The van der Waals surface area contributed by atoms with Gasteiger partial charge in [-0.05, 0) is 11.6 Å². The van der Waals surface area contributed by atoms with E-state index in [-0.39, 0.29) is 10.8 Å². The van der Waals surface area contributed by atoms with Crippen LogP contribution in [0.1, 0.15) is 10.6 Å². The Labute approximate surface area is 165 Å². The molecular formula is C17H10ClF3N4S2. The Morgan fingerprint density at radius 3 is 2.63 bits per heavy atom. The molecule has 0 amide bonds. The molecule has 3 heterocycles. The van der Waals surface area contributed by atoms with Crippen LogP contribution in [-0.4, -0.2) is 19.6 Å². The maximum Gasteiger partial charge on any atom is 0.445 e. The molecule has 0 saturated heterocycles. The molecule has 0 N–H and O–H groups in total. The van der Waals surface area contributed by atoms with Crippen molar-refractivity contribution in [2.45, 2.75) is 16.8 Å². The predicted molar refractivity (Wildman–Crippen MR) is 100 cm³/mol. The molecule has 3 aromatic heterocycles. The van der Waals surface area contributed by atoms with Crippen molar-refractivity contribution >= 4 is 40.2 Å². The van der Waals surface area contributed by atoms with E-state index in [0.29, 0.717) is 21.9 Å². The Morgan fingerprint density at radius 1 is 1.15 bits per heavy atom. The summed E-state index contributed by atoms with van der Waals surface area (Å²) in [5.41, 5.74) is 1.75. The number of halogens is 4. The summed E-state index contributed by atoms with van der Waals surface area (Å²) in [7, 11) is 0. The summed E-state index contributed by atoms with van der Waals surface area (Å²) in [5.74, 6) is 1.02. The third-order valence-corrected chi connectivity index (χ3v) is 5.97. The molecule has 1 aromatic carbocycles. The van der Waals surface area contributed by atoms with E-state index in [1.165, 1.54) is 6.20 Å². The number of pyridine rings is 1. The Morgan fingerprint density at radius 2 is 1.93 bits per heavy atom. The highest BCUT2D eigenvalue weighted by Gasteiger charge is 2.36. The van der Waals surface area contributed by atoms with Crippen LogP contribution in [0.3, 0.4) is 0 Å². The molecule has 0 unspecified atom stereocenters. The second kappa shape index (κ2) is 7.14. The highest BCUT2D eigenvalue weighted by Crippen LogP contribution is 2.36. The molecule has 0 aliphatic heterocycles. The number of benzene rings is 1. The molecule has 0 fully saturated rings. The summed E-state index contributed by atoms with van der Waals surface area (Å²) >= 11 is 8.36. The summed E-state index contributed by atoms with van der Waals surface area (Å²) in [6.07, 6.45) is -1.22. The SMILES string of the molecule is FC(F)(F)c1nnc(-c2ncc3c(Cl)cc(SCc4ccccc4)cn23)s1. The number of thioether (sulfide) groups is 1. The first-order valence-corrected chi connectivity index (χ1v) is 9.84. The van der Waals surface area contributed by atoms with E-state index in [0.717, 1.165) is 16.2 Å². The van der Waals surface area contributed by atoms with E-state index in [2.05, 4.69) is 15.2 Å². The van der Waals surface area contributed by atoms with Crippen molar-refractivity contribution in [1.82, 2.24) is 19.6 Å². The lowest BCUT2D eigenvalue weighted by Crippen LogP contribution is -2.03. The fourth-order valence-corrected chi connectivity index (χ4v) is 4.37. The highest BCUT2D eigenvalue weighted by atomic mass is 35.5. The van der Waals surface area contributed by atoms with Gasteiger partial charge in [0, 0.05) is 16.8 Å². The minimum atomic E-state index is -4.53. The summed E-state index contributed by atoms with van der Waals surface area (Å²) in [6, 6.07) is 11.7. The quantitative estimate of drug-likeness (QED) is 0.386. The molecule has 27 heavy (non-hydrogen) atoms. The summed E-state index contributed by atoms with van der Waals surface area (Å²) in [6.45, 7) is 0. The van der Waals surface area contributed by atoms with Gasteiger partial charge in [0.25, 0.3) is 0 Å². The van der Waals surface area contributed by atoms with Gasteiger partial charge in [-0.3, -0.25) is 4.40 Å². The van der Waals surface area contributed by atoms with Gasteiger partial charge in [-0.1, -0.05) is 53.3 Å². The van der Waals surface area contributed by atoms with Crippen LogP contribution in [0.2, 0.25) is 5.02 Å². The number of alkyl halides is 3. The van der Waals surface area contributed by atoms with Gasteiger partial charge in [0.2, 0.25) is 5.01 Å². The number of hydrogen-bond acceptors (Lipinski definition) is 5. The van der Waals surface area contributed by atoms with Crippen LogP contribution in [0.25, 0.3) is 16.3 Å². The van der Waals surface area contributed by atoms with Crippen molar-refractivity contribution in [3.63, 3.8) is 0 Å². The van der Waals surface area contributed by atoms with Gasteiger partial charge in [0.05, 0.1) is 16.7 Å². The molecule has 4 rings (SSSR count). The van der Waals surface area contributed by atoms with Crippen molar-refractivity contribution < 1.29 is 13.2 Å². The molecular weight excluding hydrogens is 417 g/mol. The van der Waals surface area contributed by atoms with Crippen LogP contribution in [-0.2, 0) is 11.9 Å². The van der Waals surface area contributed by atoms with Crippen LogP contribution in [0.4, 0.5) is 13.2 Å². The Kier molecular flexibility index (Phi) is 4.83. The molecule has 0 aliphatic carbocycles. The van der Waals surface area contributed by atoms with E-state index in [1.54, 1.807) is 22.4 Å². The van der Waals surface area contributed by atoms with Gasteiger partial charge in [-0.2, -0.15) is 13.2 Å². The second-order valence-electron chi connectivity index (χ2n) is 5.55. The zero-order valence-corrected chi connectivity index (χ0v) is 15.8. The number of aromatic nitrogens is 4. The van der Waals surface area contributed by atoms with Crippen molar-refractivity contribution in [2.75, 3.05) is 0 Å².